The summed E-state index contributed by atoms with van der Waals surface area (Å²) in [5.74, 6) is 0. The Bertz CT molecular complexity index is 339. The minimum Gasteiger partial charge on any atom is -0.328 e. The molecule has 1 atom stereocenters. The number of nitriles is 1. The SMILES string of the molecule is C[C@H](N)Cc1cc(C#N)ccc1Br. The number of halogens is 1. The Labute approximate surface area is 86.5 Å². The van der Waals surface area contributed by atoms with Crippen molar-refractivity contribution in [3.63, 3.8) is 0 Å². The fourth-order valence-corrected chi connectivity index (χ4v) is 1.56. The van der Waals surface area contributed by atoms with Crippen LogP contribution in [0.3, 0.4) is 0 Å². The van der Waals surface area contributed by atoms with E-state index in [9.17, 15) is 0 Å². The topological polar surface area (TPSA) is 49.8 Å². The first-order chi connectivity index (χ1) is 6.13. The molecule has 68 valence electrons. The number of nitrogens with two attached hydrogens (primary N) is 1. The maximum atomic E-state index is 8.69. The highest BCUT2D eigenvalue weighted by atomic mass is 79.9. The number of hydrogen-bond donors (Lipinski definition) is 1. The van der Waals surface area contributed by atoms with E-state index < -0.39 is 0 Å². The Hall–Kier alpha value is -0.850. The number of rotatable bonds is 2. The lowest BCUT2D eigenvalue weighted by molar-refractivity contribution is 0.736. The molecule has 13 heavy (non-hydrogen) atoms. The zero-order valence-corrected chi connectivity index (χ0v) is 9.01. The van der Waals surface area contributed by atoms with Crippen LogP contribution in [0.4, 0.5) is 0 Å². The lowest BCUT2D eigenvalue weighted by Gasteiger charge is -2.07. The van der Waals surface area contributed by atoms with Crippen LogP contribution in [0.1, 0.15) is 18.1 Å². The van der Waals surface area contributed by atoms with Crippen LogP contribution in [0.25, 0.3) is 0 Å². The molecule has 1 aromatic carbocycles. The van der Waals surface area contributed by atoms with Crippen molar-refractivity contribution >= 4 is 15.9 Å². The Balaban J connectivity index is 2.99. The van der Waals surface area contributed by atoms with Gasteiger partial charge < -0.3 is 5.73 Å². The molecule has 2 nitrogen and oxygen atoms in total. The van der Waals surface area contributed by atoms with Gasteiger partial charge in [0.1, 0.15) is 0 Å². The van der Waals surface area contributed by atoms with E-state index in [0.717, 1.165) is 16.5 Å². The molecule has 0 saturated heterocycles. The van der Waals surface area contributed by atoms with E-state index in [1.165, 1.54) is 0 Å². The van der Waals surface area contributed by atoms with Crippen molar-refractivity contribution in [3.05, 3.63) is 33.8 Å². The van der Waals surface area contributed by atoms with E-state index >= 15 is 0 Å². The van der Waals surface area contributed by atoms with Crippen molar-refractivity contribution in [2.75, 3.05) is 0 Å². The van der Waals surface area contributed by atoms with Crippen molar-refractivity contribution in [1.82, 2.24) is 0 Å². The standard InChI is InChI=1S/C10H11BrN2/c1-7(13)4-9-5-8(6-12)2-3-10(9)11/h2-3,5,7H,4,13H2,1H3/t7-/m0/s1. The highest BCUT2D eigenvalue weighted by molar-refractivity contribution is 9.10. The molecule has 1 rings (SSSR count). The van der Waals surface area contributed by atoms with Gasteiger partial charge in [0.25, 0.3) is 0 Å². The van der Waals surface area contributed by atoms with Gasteiger partial charge in [0, 0.05) is 10.5 Å². The Morgan fingerprint density at radius 3 is 2.85 bits per heavy atom. The highest BCUT2D eigenvalue weighted by Gasteiger charge is 2.03. The normalized spacial score (nSPS) is 12.2. The molecule has 2 N–H and O–H groups in total. The van der Waals surface area contributed by atoms with Crippen LogP contribution in [0.5, 0.6) is 0 Å². The summed E-state index contributed by atoms with van der Waals surface area (Å²) in [6, 6.07) is 7.76. The zero-order chi connectivity index (χ0) is 9.84. The molecule has 0 amide bonds. The van der Waals surface area contributed by atoms with E-state index in [0.29, 0.717) is 5.56 Å². The second-order valence-electron chi connectivity index (χ2n) is 3.10. The lowest BCUT2D eigenvalue weighted by atomic mass is 10.1. The molecule has 0 aromatic heterocycles. The summed E-state index contributed by atoms with van der Waals surface area (Å²) in [5.41, 5.74) is 7.45. The van der Waals surface area contributed by atoms with Crippen LogP contribution in [-0.2, 0) is 6.42 Å². The second-order valence-corrected chi connectivity index (χ2v) is 3.95. The molecular formula is C10H11BrN2. The molecule has 0 fully saturated rings. The summed E-state index contributed by atoms with van der Waals surface area (Å²) in [6.07, 6.45) is 0.788. The Morgan fingerprint density at radius 1 is 1.62 bits per heavy atom. The summed E-state index contributed by atoms with van der Waals surface area (Å²) in [5, 5.41) is 8.69. The van der Waals surface area contributed by atoms with E-state index in [4.69, 9.17) is 11.0 Å². The third-order valence-electron chi connectivity index (χ3n) is 1.72. The van der Waals surface area contributed by atoms with Crippen LogP contribution in [0, 0.1) is 11.3 Å². The fraction of sp³-hybridized carbons (Fsp3) is 0.300. The van der Waals surface area contributed by atoms with Gasteiger partial charge in [-0.2, -0.15) is 5.26 Å². The van der Waals surface area contributed by atoms with Gasteiger partial charge in [-0.05, 0) is 37.1 Å². The molecule has 0 saturated carbocycles. The number of benzene rings is 1. The third-order valence-corrected chi connectivity index (χ3v) is 2.49. The summed E-state index contributed by atoms with van der Waals surface area (Å²) in [7, 11) is 0. The lowest BCUT2D eigenvalue weighted by Crippen LogP contribution is -2.18. The van der Waals surface area contributed by atoms with Crippen molar-refractivity contribution in [2.45, 2.75) is 19.4 Å². The Kier molecular flexibility index (Phi) is 3.47. The molecule has 0 radical (unpaired) electrons. The summed E-state index contributed by atoms with van der Waals surface area (Å²) >= 11 is 3.42. The van der Waals surface area contributed by atoms with Gasteiger partial charge in [0.15, 0.2) is 0 Å². The molecular weight excluding hydrogens is 228 g/mol. The first-order valence-electron chi connectivity index (χ1n) is 4.07. The first kappa shape index (κ1) is 10.2. The molecule has 0 bridgehead atoms. The van der Waals surface area contributed by atoms with Crippen LogP contribution >= 0.6 is 15.9 Å². The minimum atomic E-state index is 0.116. The minimum absolute atomic E-state index is 0.116. The van der Waals surface area contributed by atoms with Gasteiger partial charge >= 0.3 is 0 Å². The first-order valence-corrected chi connectivity index (χ1v) is 4.87. The smallest absolute Gasteiger partial charge is 0.0991 e. The molecule has 1 aromatic rings. The van der Waals surface area contributed by atoms with Gasteiger partial charge in [-0.15, -0.1) is 0 Å². The monoisotopic (exact) mass is 238 g/mol. The maximum Gasteiger partial charge on any atom is 0.0991 e. The molecule has 0 aliphatic carbocycles. The van der Waals surface area contributed by atoms with E-state index in [2.05, 4.69) is 22.0 Å². The maximum absolute atomic E-state index is 8.69. The largest absolute Gasteiger partial charge is 0.328 e. The number of hydrogen-bond acceptors (Lipinski definition) is 2. The molecule has 0 heterocycles. The van der Waals surface area contributed by atoms with Crippen LogP contribution < -0.4 is 5.73 Å². The Morgan fingerprint density at radius 2 is 2.31 bits per heavy atom. The highest BCUT2D eigenvalue weighted by Crippen LogP contribution is 2.19. The average Bonchev–Trinajstić information content (AvgIpc) is 2.08. The van der Waals surface area contributed by atoms with Gasteiger partial charge in [-0.25, -0.2) is 0 Å². The molecule has 0 aliphatic heterocycles. The van der Waals surface area contributed by atoms with Crippen LogP contribution in [-0.4, -0.2) is 6.04 Å². The van der Waals surface area contributed by atoms with E-state index in [-0.39, 0.29) is 6.04 Å². The summed E-state index contributed by atoms with van der Waals surface area (Å²) < 4.78 is 1.02. The van der Waals surface area contributed by atoms with Gasteiger partial charge in [0.2, 0.25) is 0 Å². The summed E-state index contributed by atoms with van der Waals surface area (Å²) in [6.45, 7) is 1.95. The summed E-state index contributed by atoms with van der Waals surface area (Å²) in [4.78, 5) is 0. The second kappa shape index (κ2) is 4.40. The van der Waals surface area contributed by atoms with Crippen LogP contribution in [0.2, 0.25) is 0 Å². The molecule has 0 unspecified atom stereocenters. The molecule has 0 spiro atoms. The fourth-order valence-electron chi connectivity index (χ4n) is 1.15. The quantitative estimate of drug-likeness (QED) is 0.860. The van der Waals surface area contributed by atoms with Crippen LogP contribution in [0.15, 0.2) is 22.7 Å². The van der Waals surface area contributed by atoms with Crippen molar-refractivity contribution in [3.8, 4) is 6.07 Å². The van der Waals surface area contributed by atoms with Gasteiger partial charge in [0.05, 0.1) is 11.6 Å². The number of nitrogens with zero attached hydrogens (tertiary/aromatic N) is 1. The third kappa shape index (κ3) is 2.83. The predicted molar refractivity (Wildman–Crippen MR) is 56.2 cm³/mol. The van der Waals surface area contributed by atoms with Crippen molar-refractivity contribution in [1.29, 1.82) is 5.26 Å². The molecule has 0 aliphatic rings. The molecule has 3 heteroatoms. The van der Waals surface area contributed by atoms with Gasteiger partial charge in [-0.3, -0.25) is 0 Å². The van der Waals surface area contributed by atoms with Gasteiger partial charge in [-0.1, -0.05) is 15.9 Å². The van der Waals surface area contributed by atoms with Crippen molar-refractivity contribution < 1.29 is 0 Å². The van der Waals surface area contributed by atoms with E-state index in [1.54, 1.807) is 6.07 Å². The van der Waals surface area contributed by atoms with Crippen molar-refractivity contribution in [2.24, 2.45) is 5.73 Å². The van der Waals surface area contributed by atoms with E-state index in [1.807, 2.05) is 19.1 Å². The predicted octanol–water partition coefficient (Wildman–Crippen LogP) is 2.21. The average molecular weight is 239 g/mol. The zero-order valence-electron chi connectivity index (χ0n) is 7.42.